The highest BCUT2D eigenvalue weighted by Crippen LogP contribution is 2.20. The van der Waals surface area contributed by atoms with E-state index in [4.69, 9.17) is 0 Å². The molecule has 0 spiro atoms. The van der Waals surface area contributed by atoms with Gasteiger partial charge in [-0.15, -0.1) is 0 Å². The standard InChI is InChI=1S/C25H25FN6O/c26-21-8-6-19(7-9-21)22-18-23(29-28-22)25(33)32-16-13-30(14-17-32)12-15-31-11-10-27-24(31)20-4-2-1-3-5-20/h1-11,18H,12-17H2,(H,28,29). The number of hydrogen-bond acceptors (Lipinski definition) is 4. The zero-order valence-electron chi connectivity index (χ0n) is 18.2. The van der Waals surface area contributed by atoms with Gasteiger partial charge in [-0.1, -0.05) is 30.3 Å². The molecule has 1 amide bonds. The molecule has 2 aromatic carbocycles. The Morgan fingerprint density at radius 1 is 0.939 bits per heavy atom. The number of hydrogen-bond donors (Lipinski definition) is 1. The van der Waals surface area contributed by atoms with Gasteiger partial charge in [0.05, 0.1) is 5.69 Å². The van der Waals surface area contributed by atoms with Crippen molar-refractivity contribution in [1.82, 2.24) is 29.5 Å². The maximum absolute atomic E-state index is 13.1. The van der Waals surface area contributed by atoms with Crippen LogP contribution in [0.5, 0.6) is 0 Å². The fourth-order valence-electron chi connectivity index (χ4n) is 4.13. The fraction of sp³-hybridized carbons (Fsp3) is 0.240. The molecule has 0 saturated carbocycles. The van der Waals surface area contributed by atoms with Crippen LogP contribution in [0.15, 0.2) is 73.1 Å². The van der Waals surface area contributed by atoms with Crippen molar-refractivity contribution in [3.05, 3.63) is 84.6 Å². The van der Waals surface area contributed by atoms with Gasteiger partial charge < -0.3 is 9.47 Å². The van der Waals surface area contributed by atoms with E-state index in [0.29, 0.717) is 24.5 Å². The molecular formula is C25H25FN6O. The lowest BCUT2D eigenvalue weighted by atomic mass is 10.1. The molecule has 0 atom stereocenters. The van der Waals surface area contributed by atoms with Crippen LogP contribution in [0.3, 0.4) is 0 Å². The number of nitrogens with one attached hydrogen (secondary N) is 1. The van der Waals surface area contributed by atoms with Crippen molar-refractivity contribution in [3.8, 4) is 22.6 Å². The van der Waals surface area contributed by atoms with Crippen LogP contribution in [-0.4, -0.2) is 68.2 Å². The maximum Gasteiger partial charge on any atom is 0.271 e. The number of piperazine rings is 1. The van der Waals surface area contributed by atoms with Crippen LogP contribution in [0.1, 0.15) is 10.5 Å². The molecule has 1 saturated heterocycles. The second-order valence-corrected chi connectivity index (χ2v) is 8.12. The van der Waals surface area contributed by atoms with Crippen molar-refractivity contribution in [2.24, 2.45) is 0 Å². The average molecular weight is 445 g/mol. The fourth-order valence-corrected chi connectivity index (χ4v) is 4.13. The summed E-state index contributed by atoms with van der Waals surface area (Å²) in [5.41, 5.74) is 2.96. The quantitative estimate of drug-likeness (QED) is 0.494. The Balaban J connectivity index is 1.15. The number of imidazole rings is 1. The molecule has 7 nitrogen and oxygen atoms in total. The molecule has 5 rings (SSSR count). The molecule has 1 N–H and O–H groups in total. The third-order valence-electron chi connectivity index (χ3n) is 6.01. The van der Waals surface area contributed by atoms with Gasteiger partial charge in [0, 0.05) is 62.8 Å². The van der Waals surface area contributed by atoms with Crippen LogP contribution in [0, 0.1) is 5.82 Å². The van der Waals surface area contributed by atoms with E-state index in [-0.39, 0.29) is 11.7 Å². The number of aromatic nitrogens is 4. The monoisotopic (exact) mass is 444 g/mol. The number of H-pyrrole nitrogens is 1. The Bertz CT molecular complexity index is 1210. The van der Waals surface area contributed by atoms with Gasteiger partial charge >= 0.3 is 0 Å². The Morgan fingerprint density at radius 3 is 2.45 bits per heavy atom. The van der Waals surface area contributed by atoms with Crippen LogP contribution >= 0.6 is 0 Å². The molecule has 1 aliphatic heterocycles. The molecule has 0 bridgehead atoms. The van der Waals surface area contributed by atoms with Gasteiger partial charge in [-0.25, -0.2) is 9.37 Å². The maximum atomic E-state index is 13.1. The molecule has 3 heterocycles. The number of carbonyl (C=O) groups excluding carboxylic acids is 1. The summed E-state index contributed by atoms with van der Waals surface area (Å²) in [5.74, 6) is 0.616. The number of halogens is 1. The first-order chi connectivity index (χ1) is 16.2. The molecule has 0 unspecified atom stereocenters. The Hall–Kier alpha value is -3.78. The molecule has 1 fully saturated rings. The molecule has 0 radical (unpaired) electrons. The number of amides is 1. The zero-order valence-corrected chi connectivity index (χ0v) is 18.2. The minimum Gasteiger partial charge on any atom is -0.335 e. The van der Waals surface area contributed by atoms with E-state index in [9.17, 15) is 9.18 Å². The van der Waals surface area contributed by atoms with Crippen molar-refractivity contribution < 1.29 is 9.18 Å². The van der Waals surface area contributed by atoms with Gasteiger partial charge in [-0.05, 0) is 30.3 Å². The number of carbonyl (C=O) groups is 1. The third kappa shape index (κ3) is 4.70. The van der Waals surface area contributed by atoms with Crippen molar-refractivity contribution in [2.45, 2.75) is 6.54 Å². The number of rotatable bonds is 6. The van der Waals surface area contributed by atoms with Crippen LogP contribution in [0.2, 0.25) is 0 Å². The van der Waals surface area contributed by atoms with Gasteiger partial charge in [0.25, 0.3) is 5.91 Å². The summed E-state index contributed by atoms with van der Waals surface area (Å²) in [6, 6.07) is 18.0. The van der Waals surface area contributed by atoms with Crippen LogP contribution < -0.4 is 0 Å². The van der Waals surface area contributed by atoms with E-state index >= 15 is 0 Å². The molecular weight excluding hydrogens is 419 g/mol. The van der Waals surface area contributed by atoms with Gasteiger partial charge in [0.2, 0.25) is 0 Å². The normalized spacial score (nSPS) is 14.5. The predicted molar refractivity (Wildman–Crippen MR) is 124 cm³/mol. The lowest BCUT2D eigenvalue weighted by Crippen LogP contribution is -2.49. The smallest absolute Gasteiger partial charge is 0.271 e. The first-order valence-electron chi connectivity index (χ1n) is 11.1. The Morgan fingerprint density at radius 2 is 1.70 bits per heavy atom. The highest BCUT2D eigenvalue weighted by atomic mass is 19.1. The summed E-state index contributed by atoms with van der Waals surface area (Å²) >= 11 is 0. The molecule has 8 heteroatoms. The molecule has 0 aliphatic carbocycles. The van der Waals surface area contributed by atoms with Crippen molar-refractivity contribution in [2.75, 3.05) is 32.7 Å². The molecule has 1 aliphatic rings. The minimum absolute atomic E-state index is 0.0588. The Labute approximate surface area is 191 Å². The highest BCUT2D eigenvalue weighted by molar-refractivity contribution is 5.93. The largest absolute Gasteiger partial charge is 0.335 e. The summed E-state index contributed by atoms with van der Waals surface area (Å²) in [4.78, 5) is 21.6. The number of benzene rings is 2. The zero-order chi connectivity index (χ0) is 22.6. The van der Waals surface area contributed by atoms with Gasteiger partial charge in [0.15, 0.2) is 0 Å². The first kappa shape index (κ1) is 21.1. The van der Waals surface area contributed by atoms with E-state index in [1.807, 2.05) is 35.5 Å². The van der Waals surface area contributed by atoms with Crippen LogP contribution in [0.25, 0.3) is 22.6 Å². The van der Waals surface area contributed by atoms with E-state index in [0.717, 1.165) is 43.1 Å². The number of nitrogens with zero attached hydrogens (tertiary/aromatic N) is 5. The summed E-state index contributed by atoms with van der Waals surface area (Å²) in [5, 5.41) is 7.06. The van der Waals surface area contributed by atoms with E-state index in [1.54, 1.807) is 18.2 Å². The average Bonchev–Trinajstić information content (AvgIpc) is 3.54. The summed E-state index contributed by atoms with van der Waals surface area (Å²) in [6.45, 7) is 4.72. The molecule has 33 heavy (non-hydrogen) atoms. The lowest BCUT2D eigenvalue weighted by Gasteiger charge is -2.34. The molecule has 2 aromatic heterocycles. The van der Waals surface area contributed by atoms with Crippen molar-refractivity contribution in [1.29, 1.82) is 0 Å². The summed E-state index contributed by atoms with van der Waals surface area (Å²) in [6.07, 6.45) is 3.85. The highest BCUT2D eigenvalue weighted by Gasteiger charge is 2.23. The second kappa shape index (κ2) is 9.38. The van der Waals surface area contributed by atoms with Crippen molar-refractivity contribution >= 4 is 5.91 Å². The van der Waals surface area contributed by atoms with Gasteiger partial charge in [-0.3, -0.25) is 14.8 Å². The number of aromatic amines is 1. The summed E-state index contributed by atoms with van der Waals surface area (Å²) in [7, 11) is 0. The Kier molecular flexibility index (Phi) is 5.99. The predicted octanol–water partition coefficient (Wildman–Crippen LogP) is 3.54. The van der Waals surface area contributed by atoms with E-state index in [1.165, 1.54) is 12.1 Å². The van der Waals surface area contributed by atoms with Crippen LogP contribution in [-0.2, 0) is 6.54 Å². The van der Waals surface area contributed by atoms with Crippen molar-refractivity contribution in [3.63, 3.8) is 0 Å². The summed E-state index contributed by atoms with van der Waals surface area (Å²) < 4.78 is 15.3. The van der Waals surface area contributed by atoms with E-state index in [2.05, 4.69) is 36.8 Å². The van der Waals surface area contributed by atoms with Gasteiger partial charge in [-0.2, -0.15) is 5.10 Å². The van der Waals surface area contributed by atoms with Gasteiger partial charge in [0.1, 0.15) is 17.3 Å². The third-order valence-corrected chi connectivity index (χ3v) is 6.01. The van der Waals surface area contributed by atoms with E-state index < -0.39 is 0 Å². The topological polar surface area (TPSA) is 70.1 Å². The first-order valence-corrected chi connectivity index (χ1v) is 11.1. The minimum atomic E-state index is -0.298. The second-order valence-electron chi connectivity index (χ2n) is 8.12. The molecule has 168 valence electrons. The molecule has 4 aromatic rings. The SMILES string of the molecule is O=C(c1cc(-c2ccc(F)cc2)n[nH]1)N1CCN(CCn2ccnc2-c2ccccc2)CC1. The van der Waals surface area contributed by atoms with Crippen LogP contribution in [0.4, 0.5) is 4.39 Å². The lowest BCUT2D eigenvalue weighted by molar-refractivity contribution is 0.0627.